The second-order valence-electron chi connectivity index (χ2n) is 5.04. The molecule has 1 aliphatic rings. The van der Waals surface area contributed by atoms with Crippen LogP contribution in [0, 0.1) is 0 Å². The lowest BCUT2D eigenvalue weighted by Gasteiger charge is -2.09. The molecule has 0 aliphatic heterocycles. The van der Waals surface area contributed by atoms with Crippen molar-refractivity contribution in [3.8, 4) is 0 Å². The first-order valence-electron chi connectivity index (χ1n) is 6.36. The fraction of sp³-hybridized carbons (Fsp3) is 0.429. The van der Waals surface area contributed by atoms with Gasteiger partial charge in [0.2, 0.25) is 5.89 Å². The molecule has 94 valence electrons. The highest BCUT2D eigenvalue weighted by Gasteiger charge is 2.50. The summed E-state index contributed by atoms with van der Waals surface area (Å²) in [6.07, 6.45) is 2.16. The van der Waals surface area contributed by atoms with Gasteiger partial charge < -0.3 is 10.3 Å². The van der Waals surface area contributed by atoms with Crippen molar-refractivity contribution in [1.29, 1.82) is 0 Å². The van der Waals surface area contributed by atoms with E-state index in [-0.39, 0.29) is 11.3 Å². The first kappa shape index (κ1) is 11.4. The third kappa shape index (κ3) is 1.73. The Morgan fingerprint density at radius 3 is 2.67 bits per heavy atom. The standard InChI is InChI=1S/C14H17N3O/c1-10(9-15)12-16-13(18-17-12)14(7-8-14)11-5-3-2-4-6-11/h2-6,10H,7-9,15H2,1H3. The van der Waals surface area contributed by atoms with Crippen LogP contribution in [-0.2, 0) is 5.41 Å². The average molecular weight is 243 g/mol. The number of nitrogens with zero attached hydrogens (tertiary/aromatic N) is 2. The monoisotopic (exact) mass is 243 g/mol. The second kappa shape index (κ2) is 4.21. The van der Waals surface area contributed by atoms with Gasteiger partial charge in [-0.2, -0.15) is 4.98 Å². The number of hydrogen-bond acceptors (Lipinski definition) is 4. The molecule has 1 heterocycles. The van der Waals surface area contributed by atoms with Crippen molar-refractivity contribution in [3.63, 3.8) is 0 Å². The molecule has 18 heavy (non-hydrogen) atoms. The van der Waals surface area contributed by atoms with E-state index in [1.807, 2.05) is 13.0 Å². The highest BCUT2D eigenvalue weighted by atomic mass is 16.5. The Balaban J connectivity index is 1.93. The van der Waals surface area contributed by atoms with Crippen LogP contribution in [0.15, 0.2) is 34.9 Å². The van der Waals surface area contributed by atoms with E-state index in [1.54, 1.807) is 0 Å². The van der Waals surface area contributed by atoms with E-state index in [0.29, 0.717) is 6.54 Å². The Morgan fingerprint density at radius 1 is 1.33 bits per heavy atom. The molecule has 4 nitrogen and oxygen atoms in total. The Bertz CT molecular complexity index is 531. The molecule has 1 unspecified atom stereocenters. The van der Waals surface area contributed by atoms with Crippen LogP contribution >= 0.6 is 0 Å². The summed E-state index contributed by atoms with van der Waals surface area (Å²) in [4.78, 5) is 4.53. The maximum absolute atomic E-state index is 5.63. The topological polar surface area (TPSA) is 64.9 Å². The van der Waals surface area contributed by atoms with Crippen LogP contribution in [0.2, 0.25) is 0 Å². The molecule has 3 rings (SSSR count). The molecule has 2 N–H and O–H groups in total. The molecular formula is C14H17N3O. The number of benzene rings is 1. The third-order valence-corrected chi connectivity index (χ3v) is 3.72. The lowest BCUT2D eigenvalue weighted by atomic mass is 9.96. The fourth-order valence-corrected chi connectivity index (χ4v) is 2.24. The molecule has 0 radical (unpaired) electrons. The smallest absolute Gasteiger partial charge is 0.237 e. The molecule has 1 aliphatic carbocycles. The van der Waals surface area contributed by atoms with E-state index >= 15 is 0 Å². The summed E-state index contributed by atoms with van der Waals surface area (Å²) in [5.41, 5.74) is 6.85. The van der Waals surface area contributed by atoms with Gasteiger partial charge in [-0.05, 0) is 18.4 Å². The van der Waals surface area contributed by atoms with Crippen LogP contribution < -0.4 is 5.73 Å². The molecule has 2 aromatic rings. The number of nitrogens with two attached hydrogens (primary N) is 1. The Kier molecular flexibility index (Phi) is 2.67. The van der Waals surface area contributed by atoms with Crippen LogP contribution in [0.5, 0.6) is 0 Å². The SMILES string of the molecule is CC(CN)c1noc(C2(c3ccccc3)CC2)n1. The largest absolute Gasteiger partial charge is 0.338 e. The van der Waals surface area contributed by atoms with Crippen molar-refractivity contribution in [2.45, 2.75) is 31.1 Å². The van der Waals surface area contributed by atoms with Crippen LogP contribution in [0.1, 0.15) is 43.0 Å². The van der Waals surface area contributed by atoms with Gasteiger partial charge in [-0.25, -0.2) is 0 Å². The van der Waals surface area contributed by atoms with Crippen LogP contribution in [0.3, 0.4) is 0 Å². The highest BCUT2D eigenvalue weighted by Crippen LogP contribution is 2.52. The molecule has 0 amide bonds. The van der Waals surface area contributed by atoms with Gasteiger partial charge >= 0.3 is 0 Å². The van der Waals surface area contributed by atoms with Gasteiger partial charge in [0, 0.05) is 12.5 Å². The van der Waals surface area contributed by atoms with E-state index in [4.69, 9.17) is 10.3 Å². The van der Waals surface area contributed by atoms with Crippen LogP contribution in [0.25, 0.3) is 0 Å². The summed E-state index contributed by atoms with van der Waals surface area (Å²) in [6.45, 7) is 2.55. The van der Waals surface area contributed by atoms with E-state index in [1.165, 1.54) is 5.56 Å². The first-order chi connectivity index (χ1) is 8.76. The summed E-state index contributed by atoms with van der Waals surface area (Å²) in [5, 5.41) is 4.05. The number of hydrogen-bond donors (Lipinski definition) is 1. The minimum absolute atomic E-state index is 0.0408. The Hall–Kier alpha value is -1.68. The molecule has 1 aromatic carbocycles. The number of aromatic nitrogens is 2. The van der Waals surface area contributed by atoms with E-state index in [9.17, 15) is 0 Å². The summed E-state index contributed by atoms with van der Waals surface area (Å²) in [5.74, 6) is 1.60. The van der Waals surface area contributed by atoms with Gasteiger partial charge in [0.05, 0.1) is 5.41 Å². The Morgan fingerprint density at radius 2 is 2.06 bits per heavy atom. The zero-order chi connectivity index (χ0) is 12.6. The van der Waals surface area contributed by atoms with Crippen molar-refractivity contribution in [2.24, 2.45) is 5.73 Å². The molecular weight excluding hydrogens is 226 g/mol. The van der Waals surface area contributed by atoms with Crippen molar-refractivity contribution in [2.75, 3.05) is 6.54 Å². The number of rotatable bonds is 4. The van der Waals surface area contributed by atoms with Gasteiger partial charge in [-0.3, -0.25) is 0 Å². The van der Waals surface area contributed by atoms with E-state index in [0.717, 1.165) is 24.6 Å². The van der Waals surface area contributed by atoms with Crippen molar-refractivity contribution in [1.82, 2.24) is 10.1 Å². The van der Waals surface area contributed by atoms with E-state index < -0.39 is 0 Å². The maximum atomic E-state index is 5.63. The van der Waals surface area contributed by atoms with Gasteiger partial charge in [0.25, 0.3) is 0 Å². The molecule has 1 fully saturated rings. The minimum Gasteiger partial charge on any atom is -0.338 e. The van der Waals surface area contributed by atoms with Crippen LogP contribution in [-0.4, -0.2) is 16.7 Å². The molecule has 1 aromatic heterocycles. The zero-order valence-corrected chi connectivity index (χ0v) is 10.5. The van der Waals surface area contributed by atoms with Crippen molar-refractivity contribution in [3.05, 3.63) is 47.6 Å². The zero-order valence-electron chi connectivity index (χ0n) is 10.5. The molecule has 1 saturated carbocycles. The van der Waals surface area contributed by atoms with Gasteiger partial charge in [0.1, 0.15) is 0 Å². The van der Waals surface area contributed by atoms with Gasteiger partial charge in [-0.1, -0.05) is 42.4 Å². The quantitative estimate of drug-likeness (QED) is 0.894. The van der Waals surface area contributed by atoms with Gasteiger partial charge in [-0.15, -0.1) is 0 Å². The molecule has 1 atom stereocenters. The highest BCUT2D eigenvalue weighted by molar-refractivity contribution is 5.38. The average Bonchev–Trinajstić information content (AvgIpc) is 3.10. The lowest BCUT2D eigenvalue weighted by Crippen LogP contribution is -2.12. The van der Waals surface area contributed by atoms with E-state index in [2.05, 4.69) is 34.4 Å². The normalized spacial score (nSPS) is 18.6. The first-order valence-corrected chi connectivity index (χ1v) is 6.36. The summed E-state index contributed by atoms with van der Waals surface area (Å²) >= 11 is 0. The van der Waals surface area contributed by atoms with Crippen molar-refractivity contribution < 1.29 is 4.52 Å². The molecule has 0 saturated heterocycles. The molecule has 0 bridgehead atoms. The van der Waals surface area contributed by atoms with Crippen molar-refractivity contribution >= 4 is 0 Å². The predicted molar refractivity (Wildman–Crippen MR) is 68.2 cm³/mol. The maximum Gasteiger partial charge on any atom is 0.237 e. The summed E-state index contributed by atoms with van der Waals surface area (Å²) in [7, 11) is 0. The summed E-state index contributed by atoms with van der Waals surface area (Å²) in [6, 6.07) is 10.4. The third-order valence-electron chi connectivity index (χ3n) is 3.72. The minimum atomic E-state index is -0.0408. The van der Waals surface area contributed by atoms with Gasteiger partial charge in [0.15, 0.2) is 5.82 Å². The summed E-state index contributed by atoms with van der Waals surface area (Å²) < 4.78 is 5.45. The fourth-order valence-electron chi connectivity index (χ4n) is 2.24. The Labute approximate surface area is 106 Å². The predicted octanol–water partition coefficient (Wildman–Crippen LogP) is 2.21. The lowest BCUT2D eigenvalue weighted by molar-refractivity contribution is 0.353. The second-order valence-corrected chi connectivity index (χ2v) is 5.04. The molecule has 0 spiro atoms. The molecule has 4 heteroatoms. The van der Waals surface area contributed by atoms with Crippen LogP contribution in [0.4, 0.5) is 0 Å².